The molecule has 1 atom stereocenters. The van der Waals surface area contributed by atoms with E-state index in [1.165, 1.54) is 0 Å². The highest BCUT2D eigenvalue weighted by atomic mass is 16.5. The molecule has 0 radical (unpaired) electrons. The number of esters is 1. The van der Waals surface area contributed by atoms with Crippen molar-refractivity contribution in [3.05, 3.63) is 41.4 Å². The smallest absolute Gasteiger partial charge is 0.343 e. The van der Waals surface area contributed by atoms with E-state index in [9.17, 15) is 14.9 Å². The van der Waals surface area contributed by atoms with E-state index in [-0.39, 0.29) is 41.3 Å². The van der Waals surface area contributed by atoms with Crippen molar-refractivity contribution in [3.63, 3.8) is 0 Å². The first kappa shape index (κ1) is 18.8. The van der Waals surface area contributed by atoms with Crippen molar-refractivity contribution in [1.82, 2.24) is 9.47 Å². The zero-order valence-electron chi connectivity index (χ0n) is 15.6. The van der Waals surface area contributed by atoms with Gasteiger partial charge in [0.1, 0.15) is 23.0 Å². The summed E-state index contributed by atoms with van der Waals surface area (Å²) in [7, 11) is 0. The standard InChI is InChI=1S/C20H23N3O4/c1-3-15-8-4-5-11-23(15)17(24)13-26-20(25)18-14(2)27-19(16(18)12-21)22-9-6-7-10-22/h6-7,9-10,15H,3-5,8,11,13H2,1-2H3/t15-/m0/s1. The van der Waals surface area contributed by atoms with Crippen LogP contribution < -0.4 is 0 Å². The molecule has 2 aromatic heterocycles. The minimum Gasteiger partial charge on any atom is -0.452 e. The fraction of sp³-hybridized carbons (Fsp3) is 0.450. The Hall–Kier alpha value is -3.01. The van der Waals surface area contributed by atoms with Crippen LogP contribution in [0.25, 0.3) is 5.88 Å². The van der Waals surface area contributed by atoms with E-state index < -0.39 is 5.97 Å². The van der Waals surface area contributed by atoms with Crippen LogP contribution in [0.4, 0.5) is 0 Å². The van der Waals surface area contributed by atoms with Crippen LogP contribution >= 0.6 is 0 Å². The molecule has 0 N–H and O–H groups in total. The number of furan rings is 1. The average molecular weight is 369 g/mol. The first-order valence-corrected chi connectivity index (χ1v) is 9.20. The molecule has 0 aromatic carbocycles. The first-order valence-electron chi connectivity index (χ1n) is 9.20. The van der Waals surface area contributed by atoms with E-state index in [2.05, 4.69) is 6.92 Å². The maximum atomic E-state index is 12.6. The highest BCUT2D eigenvalue weighted by molar-refractivity contribution is 5.95. The molecule has 0 bridgehead atoms. The predicted octanol–water partition coefficient (Wildman–Crippen LogP) is 3.20. The van der Waals surface area contributed by atoms with Crippen molar-refractivity contribution in [3.8, 4) is 12.0 Å². The first-order chi connectivity index (χ1) is 13.1. The molecule has 1 amide bonds. The van der Waals surface area contributed by atoms with Crippen LogP contribution in [0.2, 0.25) is 0 Å². The Morgan fingerprint density at radius 2 is 2.07 bits per heavy atom. The van der Waals surface area contributed by atoms with Gasteiger partial charge in [-0.3, -0.25) is 9.36 Å². The molecule has 1 aliphatic rings. The summed E-state index contributed by atoms with van der Waals surface area (Å²) in [5.41, 5.74) is 0.172. The second-order valence-corrected chi connectivity index (χ2v) is 6.64. The average Bonchev–Trinajstić information content (AvgIpc) is 3.33. The van der Waals surface area contributed by atoms with E-state index in [1.54, 1.807) is 40.9 Å². The molecule has 27 heavy (non-hydrogen) atoms. The molecule has 142 valence electrons. The highest BCUT2D eigenvalue weighted by Crippen LogP contribution is 2.26. The van der Waals surface area contributed by atoms with Crippen molar-refractivity contribution in [2.75, 3.05) is 13.2 Å². The summed E-state index contributed by atoms with van der Waals surface area (Å²) in [6.45, 7) is 4.02. The number of ether oxygens (including phenoxy) is 1. The second kappa shape index (κ2) is 8.12. The minimum absolute atomic E-state index is 0.0692. The minimum atomic E-state index is -0.718. The number of hydrogen-bond donors (Lipinski definition) is 0. The van der Waals surface area contributed by atoms with Gasteiger partial charge >= 0.3 is 5.97 Å². The molecule has 7 heteroatoms. The summed E-state index contributed by atoms with van der Waals surface area (Å²) in [5, 5.41) is 9.50. The summed E-state index contributed by atoms with van der Waals surface area (Å²) in [6, 6.07) is 5.80. The van der Waals surface area contributed by atoms with Gasteiger partial charge in [0.2, 0.25) is 5.88 Å². The van der Waals surface area contributed by atoms with Gasteiger partial charge < -0.3 is 14.1 Å². The Kier molecular flexibility index (Phi) is 5.65. The summed E-state index contributed by atoms with van der Waals surface area (Å²) in [6.07, 6.45) is 7.40. The van der Waals surface area contributed by atoms with Crippen molar-refractivity contribution in [2.24, 2.45) is 0 Å². The van der Waals surface area contributed by atoms with Crippen molar-refractivity contribution >= 4 is 11.9 Å². The molecule has 3 rings (SSSR count). The topological polar surface area (TPSA) is 88.5 Å². The fourth-order valence-corrected chi connectivity index (χ4v) is 3.57. The van der Waals surface area contributed by atoms with Crippen LogP contribution in [0, 0.1) is 18.3 Å². The predicted molar refractivity (Wildman–Crippen MR) is 97.4 cm³/mol. The summed E-state index contributed by atoms with van der Waals surface area (Å²) in [5.74, 6) is -0.359. The number of carbonyl (C=O) groups excluding carboxylic acids is 2. The fourth-order valence-electron chi connectivity index (χ4n) is 3.57. The zero-order valence-corrected chi connectivity index (χ0v) is 15.6. The van der Waals surface area contributed by atoms with Crippen LogP contribution in [-0.2, 0) is 9.53 Å². The lowest BCUT2D eigenvalue weighted by molar-refractivity contribution is -0.138. The number of likely N-dealkylation sites (tertiary alicyclic amines) is 1. The number of nitrogens with zero attached hydrogens (tertiary/aromatic N) is 3. The van der Waals surface area contributed by atoms with Gasteiger partial charge in [-0.05, 0) is 44.7 Å². The molecule has 1 aliphatic heterocycles. The maximum absolute atomic E-state index is 12.6. The zero-order chi connectivity index (χ0) is 19.4. The van der Waals surface area contributed by atoms with Crippen molar-refractivity contribution < 1.29 is 18.7 Å². The summed E-state index contributed by atoms with van der Waals surface area (Å²) in [4.78, 5) is 26.8. The molecule has 0 saturated carbocycles. The molecule has 7 nitrogen and oxygen atoms in total. The van der Waals surface area contributed by atoms with Gasteiger partial charge in [0, 0.05) is 25.0 Å². The van der Waals surface area contributed by atoms with Gasteiger partial charge in [-0.15, -0.1) is 0 Å². The number of amides is 1. The van der Waals surface area contributed by atoms with Gasteiger partial charge in [0.25, 0.3) is 5.91 Å². The second-order valence-electron chi connectivity index (χ2n) is 6.64. The molecule has 1 fully saturated rings. The largest absolute Gasteiger partial charge is 0.452 e. The highest BCUT2D eigenvalue weighted by Gasteiger charge is 2.29. The Morgan fingerprint density at radius 1 is 1.33 bits per heavy atom. The van der Waals surface area contributed by atoms with Crippen LogP contribution in [0.3, 0.4) is 0 Å². The van der Waals surface area contributed by atoms with E-state index in [0.717, 1.165) is 25.7 Å². The normalized spacial score (nSPS) is 16.8. The van der Waals surface area contributed by atoms with Gasteiger partial charge in [-0.1, -0.05) is 6.92 Å². The molecule has 1 saturated heterocycles. The SMILES string of the molecule is CC[C@H]1CCCCN1C(=O)COC(=O)c1c(C)oc(-n2cccc2)c1C#N. The molecule has 3 heterocycles. The Bertz CT molecular complexity index is 861. The monoisotopic (exact) mass is 369 g/mol. The quantitative estimate of drug-likeness (QED) is 0.755. The number of nitriles is 1. The Morgan fingerprint density at radius 3 is 2.74 bits per heavy atom. The number of aryl methyl sites for hydroxylation is 1. The van der Waals surface area contributed by atoms with Gasteiger partial charge in [0.05, 0.1) is 0 Å². The van der Waals surface area contributed by atoms with Gasteiger partial charge in [-0.25, -0.2) is 4.79 Å². The third-order valence-corrected chi connectivity index (χ3v) is 4.97. The third kappa shape index (κ3) is 3.75. The molecular weight excluding hydrogens is 346 g/mol. The molecule has 0 spiro atoms. The van der Waals surface area contributed by atoms with Gasteiger partial charge in [0.15, 0.2) is 6.61 Å². The third-order valence-electron chi connectivity index (χ3n) is 4.97. The summed E-state index contributed by atoms with van der Waals surface area (Å²) >= 11 is 0. The van der Waals surface area contributed by atoms with Crippen LogP contribution in [-0.4, -0.2) is 40.5 Å². The van der Waals surface area contributed by atoms with E-state index in [1.807, 2.05) is 6.07 Å². The van der Waals surface area contributed by atoms with E-state index in [4.69, 9.17) is 9.15 Å². The number of aromatic nitrogens is 1. The van der Waals surface area contributed by atoms with Crippen LogP contribution in [0.5, 0.6) is 0 Å². The lowest BCUT2D eigenvalue weighted by atomic mass is 10.00. The Balaban J connectivity index is 1.73. The number of hydrogen-bond acceptors (Lipinski definition) is 5. The van der Waals surface area contributed by atoms with Gasteiger partial charge in [-0.2, -0.15) is 5.26 Å². The number of rotatable bonds is 5. The molecular formula is C20H23N3O4. The van der Waals surface area contributed by atoms with Crippen LogP contribution in [0.1, 0.15) is 54.3 Å². The molecule has 2 aromatic rings. The lowest BCUT2D eigenvalue weighted by Gasteiger charge is -2.35. The van der Waals surface area contributed by atoms with E-state index in [0.29, 0.717) is 6.54 Å². The molecule has 0 unspecified atom stereocenters. The van der Waals surface area contributed by atoms with E-state index >= 15 is 0 Å². The molecule has 0 aliphatic carbocycles. The Labute approximate surface area is 158 Å². The maximum Gasteiger partial charge on any atom is 0.343 e. The van der Waals surface area contributed by atoms with Crippen molar-refractivity contribution in [1.29, 1.82) is 5.26 Å². The number of carbonyl (C=O) groups is 2. The lowest BCUT2D eigenvalue weighted by Crippen LogP contribution is -2.45. The van der Waals surface area contributed by atoms with Crippen LogP contribution in [0.15, 0.2) is 28.9 Å². The van der Waals surface area contributed by atoms with Crippen molar-refractivity contribution in [2.45, 2.75) is 45.6 Å². The summed E-state index contributed by atoms with van der Waals surface area (Å²) < 4.78 is 12.5. The number of piperidine rings is 1.